The molecule has 5 heteroatoms. The largest absolute Gasteiger partial charge is 0.340 e. The van der Waals surface area contributed by atoms with Crippen molar-refractivity contribution >= 4 is 11.8 Å². The lowest BCUT2D eigenvalue weighted by atomic mass is 10.2. The fourth-order valence-corrected chi connectivity index (χ4v) is 3.05. The van der Waals surface area contributed by atoms with E-state index >= 15 is 0 Å². The number of hydrogen-bond acceptors (Lipinski definition) is 3. The summed E-state index contributed by atoms with van der Waals surface area (Å²) in [5, 5.41) is 0. The molecule has 1 aliphatic rings. The van der Waals surface area contributed by atoms with E-state index in [1.165, 1.54) is 0 Å². The molecule has 0 bridgehead atoms. The van der Waals surface area contributed by atoms with E-state index in [0.29, 0.717) is 25.1 Å². The molecule has 0 atom stereocenters. The maximum Gasteiger partial charge on any atom is 0.253 e. The molecule has 0 unspecified atom stereocenters. The van der Waals surface area contributed by atoms with Gasteiger partial charge in [0.15, 0.2) is 0 Å². The quantitative estimate of drug-likeness (QED) is 0.768. The lowest BCUT2D eigenvalue weighted by molar-refractivity contribution is -0.133. The van der Waals surface area contributed by atoms with Crippen LogP contribution in [-0.2, 0) is 4.79 Å². The Kier molecular flexibility index (Phi) is 7.25. The van der Waals surface area contributed by atoms with Crippen molar-refractivity contribution in [2.75, 3.05) is 45.8 Å². The number of nitrogens with zero attached hydrogens (tertiary/aromatic N) is 3. The summed E-state index contributed by atoms with van der Waals surface area (Å²) in [5.74, 6) is 0.175. The van der Waals surface area contributed by atoms with Crippen molar-refractivity contribution < 1.29 is 9.59 Å². The standard InChI is InChI=1S/C19H29N3O2/c1-3-11-22(19(24)17-8-6-5-7-9-17)12-10-18(23)21-15-13-20(4-2)14-16-21/h5-9H,3-4,10-16H2,1-2H3. The van der Waals surface area contributed by atoms with Gasteiger partial charge >= 0.3 is 0 Å². The summed E-state index contributed by atoms with van der Waals surface area (Å²) in [5.41, 5.74) is 0.690. The molecule has 1 aromatic carbocycles. The molecule has 1 fully saturated rings. The molecule has 0 radical (unpaired) electrons. The van der Waals surface area contributed by atoms with Crippen molar-refractivity contribution in [3.8, 4) is 0 Å². The maximum atomic E-state index is 12.6. The van der Waals surface area contributed by atoms with Crippen LogP contribution in [0.5, 0.6) is 0 Å². The summed E-state index contributed by atoms with van der Waals surface area (Å²) >= 11 is 0. The molecule has 132 valence electrons. The van der Waals surface area contributed by atoms with Crippen LogP contribution in [0.2, 0.25) is 0 Å². The zero-order valence-electron chi connectivity index (χ0n) is 14.9. The zero-order valence-corrected chi connectivity index (χ0v) is 14.9. The Bertz CT molecular complexity index is 525. The number of piperazine rings is 1. The third-order valence-corrected chi connectivity index (χ3v) is 4.57. The number of hydrogen-bond donors (Lipinski definition) is 0. The molecular formula is C19H29N3O2. The molecule has 2 amide bonds. The van der Waals surface area contributed by atoms with Crippen LogP contribution < -0.4 is 0 Å². The van der Waals surface area contributed by atoms with Crippen molar-refractivity contribution in [1.29, 1.82) is 0 Å². The minimum Gasteiger partial charge on any atom is -0.340 e. The number of carbonyl (C=O) groups excluding carboxylic acids is 2. The SMILES string of the molecule is CCCN(CCC(=O)N1CCN(CC)CC1)C(=O)c1ccccc1. The fraction of sp³-hybridized carbons (Fsp3) is 0.579. The lowest BCUT2D eigenvalue weighted by Crippen LogP contribution is -2.49. The minimum atomic E-state index is 0.0149. The van der Waals surface area contributed by atoms with Gasteiger partial charge in [0.05, 0.1) is 0 Å². The molecule has 0 spiro atoms. The Balaban J connectivity index is 1.87. The molecule has 0 N–H and O–H groups in total. The number of rotatable bonds is 7. The highest BCUT2D eigenvalue weighted by atomic mass is 16.2. The maximum absolute atomic E-state index is 12.6. The van der Waals surface area contributed by atoms with Crippen LogP contribution >= 0.6 is 0 Å². The van der Waals surface area contributed by atoms with Gasteiger partial charge in [-0.05, 0) is 25.1 Å². The second kappa shape index (κ2) is 9.42. The third-order valence-electron chi connectivity index (χ3n) is 4.57. The van der Waals surface area contributed by atoms with Crippen LogP contribution in [-0.4, -0.2) is 72.3 Å². The first-order valence-corrected chi connectivity index (χ1v) is 9.00. The molecule has 0 aromatic heterocycles. The highest BCUT2D eigenvalue weighted by Gasteiger charge is 2.22. The normalized spacial score (nSPS) is 15.3. The molecule has 1 aromatic rings. The molecule has 24 heavy (non-hydrogen) atoms. The van der Waals surface area contributed by atoms with E-state index in [2.05, 4.69) is 18.7 Å². The summed E-state index contributed by atoms with van der Waals surface area (Å²) in [6.45, 7) is 9.91. The van der Waals surface area contributed by atoms with E-state index in [1.54, 1.807) is 4.90 Å². The molecular weight excluding hydrogens is 302 g/mol. The Morgan fingerprint density at radius 1 is 1.00 bits per heavy atom. The first-order chi connectivity index (χ1) is 11.7. The third kappa shape index (κ3) is 5.06. The summed E-state index contributed by atoms with van der Waals surface area (Å²) in [4.78, 5) is 31.1. The van der Waals surface area contributed by atoms with E-state index in [9.17, 15) is 9.59 Å². The van der Waals surface area contributed by atoms with Crippen LogP contribution in [0, 0.1) is 0 Å². The Hall–Kier alpha value is -1.88. The van der Waals surface area contributed by atoms with Gasteiger partial charge in [-0.25, -0.2) is 0 Å². The van der Waals surface area contributed by atoms with Crippen molar-refractivity contribution in [2.24, 2.45) is 0 Å². The van der Waals surface area contributed by atoms with E-state index in [1.807, 2.05) is 35.2 Å². The van der Waals surface area contributed by atoms with Crippen molar-refractivity contribution in [3.63, 3.8) is 0 Å². The van der Waals surface area contributed by atoms with Gasteiger partial charge in [-0.15, -0.1) is 0 Å². The smallest absolute Gasteiger partial charge is 0.253 e. The van der Waals surface area contributed by atoms with Crippen LogP contribution in [0.4, 0.5) is 0 Å². The molecule has 5 nitrogen and oxygen atoms in total. The second-order valence-electron chi connectivity index (χ2n) is 6.22. The first-order valence-electron chi connectivity index (χ1n) is 9.00. The van der Waals surface area contributed by atoms with Gasteiger partial charge in [-0.3, -0.25) is 9.59 Å². The summed E-state index contributed by atoms with van der Waals surface area (Å²) in [7, 11) is 0. The van der Waals surface area contributed by atoms with Gasteiger partial charge in [0.25, 0.3) is 5.91 Å². The summed E-state index contributed by atoms with van der Waals surface area (Å²) < 4.78 is 0. The molecule has 1 heterocycles. The second-order valence-corrected chi connectivity index (χ2v) is 6.22. The van der Waals surface area contributed by atoms with Crippen molar-refractivity contribution in [2.45, 2.75) is 26.7 Å². The van der Waals surface area contributed by atoms with Crippen LogP contribution in [0.3, 0.4) is 0 Å². The van der Waals surface area contributed by atoms with Crippen molar-refractivity contribution in [1.82, 2.24) is 14.7 Å². The van der Waals surface area contributed by atoms with Gasteiger partial charge in [0.1, 0.15) is 0 Å². The summed E-state index contributed by atoms with van der Waals surface area (Å²) in [6.07, 6.45) is 1.30. The van der Waals surface area contributed by atoms with Gasteiger partial charge in [0, 0.05) is 51.3 Å². The lowest BCUT2D eigenvalue weighted by Gasteiger charge is -2.34. The van der Waals surface area contributed by atoms with E-state index in [4.69, 9.17) is 0 Å². The van der Waals surface area contributed by atoms with Gasteiger partial charge in [-0.1, -0.05) is 32.0 Å². The molecule has 2 rings (SSSR count). The van der Waals surface area contributed by atoms with Gasteiger partial charge in [-0.2, -0.15) is 0 Å². The van der Waals surface area contributed by atoms with Crippen LogP contribution in [0.25, 0.3) is 0 Å². The van der Waals surface area contributed by atoms with Gasteiger partial charge < -0.3 is 14.7 Å². The molecule has 1 aliphatic heterocycles. The average molecular weight is 331 g/mol. The molecule has 0 saturated carbocycles. The zero-order chi connectivity index (χ0) is 17.4. The number of benzene rings is 1. The van der Waals surface area contributed by atoms with Gasteiger partial charge in [0.2, 0.25) is 5.91 Å². The van der Waals surface area contributed by atoms with Crippen molar-refractivity contribution in [3.05, 3.63) is 35.9 Å². The predicted molar refractivity (Wildman–Crippen MR) is 95.9 cm³/mol. The highest BCUT2D eigenvalue weighted by Crippen LogP contribution is 2.08. The van der Waals surface area contributed by atoms with E-state index < -0.39 is 0 Å². The number of carbonyl (C=O) groups is 2. The summed E-state index contributed by atoms with van der Waals surface area (Å²) in [6, 6.07) is 9.30. The Morgan fingerprint density at radius 2 is 1.67 bits per heavy atom. The average Bonchev–Trinajstić information content (AvgIpc) is 2.65. The highest BCUT2D eigenvalue weighted by molar-refractivity contribution is 5.94. The Labute approximate surface area is 145 Å². The predicted octanol–water partition coefficient (Wildman–Crippen LogP) is 2.09. The Morgan fingerprint density at radius 3 is 2.25 bits per heavy atom. The monoisotopic (exact) mass is 331 g/mol. The number of likely N-dealkylation sites (N-methyl/N-ethyl adjacent to an activating group) is 1. The fourth-order valence-electron chi connectivity index (χ4n) is 3.05. The minimum absolute atomic E-state index is 0.0149. The van der Waals surface area contributed by atoms with Crippen LogP contribution in [0.15, 0.2) is 30.3 Å². The first kappa shape index (κ1) is 18.5. The van der Waals surface area contributed by atoms with E-state index in [0.717, 1.165) is 39.1 Å². The number of amides is 2. The molecule has 0 aliphatic carbocycles. The van der Waals surface area contributed by atoms with E-state index in [-0.39, 0.29) is 11.8 Å². The molecule has 1 saturated heterocycles. The topological polar surface area (TPSA) is 43.9 Å². The van der Waals surface area contributed by atoms with Crippen LogP contribution in [0.1, 0.15) is 37.0 Å².